The smallest absolute Gasteiger partial charge is 0.416 e. The van der Waals surface area contributed by atoms with E-state index in [2.05, 4.69) is 10.3 Å². The van der Waals surface area contributed by atoms with E-state index in [-0.39, 0.29) is 16.3 Å². The molecule has 1 unspecified atom stereocenters. The van der Waals surface area contributed by atoms with Crippen molar-refractivity contribution in [3.05, 3.63) is 34.7 Å². The zero-order valence-corrected chi connectivity index (χ0v) is 19.2. The van der Waals surface area contributed by atoms with Gasteiger partial charge < -0.3 is 15.0 Å². The Hall–Kier alpha value is -3.19. The lowest BCUT2D eigenvalue weighted by Gasteiger charge is -2.31. The fraction of sp³-hybridized carbons (Fsp3) is 0.300. The summed E-state index contributed by atoms with van der Waals surface area (Å²) in [5, 5.41) is 3.13. The number of ether oxygens (including phenoxy) is 1. The highest BCUT2D eigenvalue weighted by atomic mass is 32.1. The van der Waals surface area contributed by atoms with Crippen molar-refractivity contribution >= 4 is 66.5 Å². The summed E-state index contributed by atoms with van der Waals surface area (Å²) in [5.74, 6) is -2.12. The number of hydrogen-bond acceptors (Lipinski definition) is 8. The largest absolute Gasteiger partial charge is 0.448 e. The van der Waals surface area contributed by atoms with E-state index in [4.69, 9.17) is 4.74 Å². The Labute approximate surface area is 193 Å². The van der Waals surface area contributed by atoms with Gasteiger partial charge in [0.15, 0.2) is 11.2 Å². The number of benzene rings is 1. The van der Waals surface area contributed by atoms with Crippen molar-refractivity contribution in [2.24, 2.45) is 0 Å². The molecule has 0 radical (unpaired) electrons. The third-order valence-electron chi connectivity index (χ3n) is 4.75. The van der Waals surface area contributed by atoms with E-state index in [0.717, 1.165) is 44.3 Å². The van der Waals surface area contributed by atoms with Crippen LogP contribution in [0.2, 0.25) is 0 Å². The Kier molecular flexibility index (Phi) is 5.78. The molecule has 0 fully saturated rings. The predicted molar refractivity (Wildman–Crippen MR) is 119 cm³/mol. The van der Waals surface area contributed by atoms with Gasteiger partial charge >= 0.3 is 12.1 Å². The van der Waals surface area contributed by atoms with E-state index in [1.54, 1.807) is 6.07 Å². The number of amides is 2. The van der Waals surface area contributed by atoms with Crippen LogP contribution in [0, 0.1) is 0 Å². The second kappa shape index (κ2) is 8.30. The first kappa shape index (κ1) is 23.0. The molecule has 8 nitrogen and oxygen atoms in total. The number of fused-ring (bicyclic) bond motifs is 2. The molecule has 1 aliphatic rings. The van der Waals surface area contributed by atoms with E-state index in [1.807, 2.05) is 19.0 Å². The fourth-order valence-corrected chi connectivity index (χ4v) is 5.18. The number of halogens is 3. The predicted octanol–water partition coefficient (Wildman–Crippen LogP) is 3.97. The molecule has 33 heavy (non-hydrogen) atoms. The SMILES string of the molecule is CC(OC(=O)c1cc2sc(N(C)C)nc2s1)C(=O)N1CC(=O)Nc2cc(C(F)(F)F)ccc21. The van der Waals surface area contributed by atoms with Crippen molar-refractivity contribution < 1.29 is 32.3 Å². The number of carbonyl (C=O) groups excluding carboxylic acids is 3. The van der Waals surface area contributed by atoms with Gasteiger partial charge in [0.05, 0.1) is 21.6 Å². The van der Waals surface area contributed by atoms with Crippen LogP contribution in [0.25, 0.3) is 9.53 Å². The molecule has 1 aliphatic heterocycles. The van der Waals surface area contributed by atoms with Crippen LogP contribution in [0.15, 0.2) is 24.3 Å². The lowest BCUT2D eigenvalue weighted by atomic mass is 10.1. The Balaban J connectivity index is 1.51. The van der Waals surface area contributed by atoms with E-state index in [1.165, 1.54) is 18.3 Å². The highest BCUT2D eigenvalue weighted by Gasteiger charge is 2.36. The topological polar surface area (TPSA) is 91.8 Å². The second-order valence-electron chi connectivity index (χ2n) is 7.42. The maximum absolute atomic E-state index is 13.0. The van der Waals surface area contributed by atoms with Crippen molar-refractivity contribution in [2.45, 2.75) is 19.2 Å². The highest BCUT2D eigenvalue weighted by Crippen LogP contribution is 2.37. The van der Waals surface area contributed by atoms with Crippen LogP contribution in [-0.4, -0.2) is 49.5 Å². The maximum Gasteiger partial charge on any atom is 0.416 e. The number of nitrogens with zero attached hydrogens (tertiary/aromatic N) is 3. The fourth-order valence-electron chi connectivity index (χ4n) is 3.17. The second-order valence-corrected chi connectivity index (χ2v) is 9.46. The minimum Gasteiger partial charge on any atom is -0.448 e. The molecule has 1 N–H and O–H groups in total. The van der Waals surface area contributed by atoms with Crippen LogP contribution in [0.1, 0.15) is 22.2 Å². The first-order chi connectivity index (χ1) is 15.4. The first-order valence-corrected chi connectivity index (χ1v) is 11.2. The molecular formula is C20H17F3N4O4S2. The van der Waals surface area contributed by atoms with E-state index < -0.39 is 42.2 Å². The quantitative estimate of drug-likeness (QED) is 0.548. The summed E-state index contributed by atoms with van der Waals surface area (Å²) >= 11 is 2.53. The van der Waals surface area contributed by atoms with Crippen LogP contribution >= 0.6 is 22.7 Å². The van der Waals surface area contributed by atoms with Gasteiger partial charge in [0.1, 0.15) is 16.3 Å². The molecule has 2 amide bonds. The number of rotatable bonds is 4. The van der Waals surface area contributed by atoms with Crippen LogP contribution in [0.3, 0.4) is 0 Å². The number of anilines is 3. The van der Waals surface area contributed by atoms with Crippen molar-refractivity contribution in [3.8, 4) is 0 Å². The minimum atomic E-state index is -4.61. The molecule has 1 aromatic carbocycles. The standard InChI is InChI=1S/C20H17F3N4O4S2/c1-9(31-18(30)14-7-13-16(32-14)25-19(33-13)26(2)3)17(29)27-8-15(28)24-11-6-10(20(21,22)23)4-5-12(11)27/h4-7,9H,8H2,1-3H3,(H,24,28). The van der Waals surface area contributed by atoms with Gasteiger partial charge in [-0.15, -0.1) is 11.3 Å². The zero-order valence-electron chi connectivity index (χ0n) is 17.5. The molecule has 0 bridgehead atoms. The molecule has 1 atom stereocenters. The molecule has 0 saturated carbocycles. The maximum atomic E-state index is 13.0. The van der Waals surface area contributed by atoms with Gasteiger partial charge in [-0.3, -0.25) is 14.5 Å². The van der Waals surface area contributed by atoms with Crippen LogP contribution < -0.4 is 15.1 Å². The average molecular weight is 499 g/mol. The molecule has 3 aromatic rings. The summed E-state index contributed by atoms with van der Waals surface area (Å²) in [5.41, 5.74) is -1.01. The molecule has 2 aromatic heterocycles. The van der Waals surface area contributed by atoms with Gasteiger partial charge in [0.25, 0.3) is 5.91 Å². The number of alkyl halides is 3. The molecule has 3 heterocycles. The van der Waals surface area contributed by atoms with Crippen LogP contribution in [0.5, 0.6) is 0 Å². The number of esters is 1. The summed E-state index contributed by atoms with van der Waals surface area (Å²) in [4.78, 5) is 45.7. The third-order valence-corrected chi connectivity index (χ3v) is 7.06. The van der Waals surface area contributed by atoms with Crippen molar-refractivity contribution in [2.75, 3.05) is 35.8 Å². The van der Waals surface area contributed by atoms with Gasteiger partial charge in [0, 0.05) is 14.1 Å². The highest BCUT2D eigenvalue weighted by molar-refractivity contribution is 7.29. The van der Waals surface area contributed by atoms with Crippen LogP contribution in [0.4, 0.5) is 29.7 Å². The van der Waals surface area contributed by atoms with Gasteiger partial charge in [-0.1, -0.05) is 11.3 Å². The Bertz CT molecular complexity index is 1240. The number of nitrogens with one attached hydrogen (secondary N) is 1. The van der Waals surface area contributed by atoms with Gasteiger partial charge in [0.2, 0.25) is 5.91 Å². The molecule has 174 valence electrons. The van der Waals surface area contributed by atoms with Crippen molar-refractivity contribution in [1.29, 1.82) is 0 Å². The third kappa shape index (κ3) is 4.50. The lowest BCUT2D eigenvalue weighted by molar-refractivity contribution is -0.137. The normalized spacial score (nSPS) is 14.6. The minimum absolute atomic E-state index is 0.0903. The molecule has 4 rings (SSSR count). The average Bonchev–Trinajstić information content (AvgIpc) is 3.31. The van der Waals surface area contributed by atoms with Gasteiger partial charge in [-0.2, -0.15) is 13.2 Å². The van der Waals surface area contributed by atoms with E-state index >= 15 is 0 Å². The molecule has 13 heteroatoms. The zero-order chi connectivity index (χ0) is 24.1. The monoisotopic (exact) mass is 498 g/mol. The van der Waals surface area contributed by atoms with Crippen LogP contribution in [-0.2, 0) is 20.5 Å². The summed E-state index contributed by atoms with van der Waals surface area (Å²) in [7, 11) is 3.71. The first-order valence-electron chi connectivity index (χ1n) is 9.55. The molecule has 0 aliphatic carbocycles. The Morgan fingerprint density at radius 2 is 1.97 bits per heavy atom. The summed E-state index contributed by atoms with van der Waals surface area (Å²) in [6.07, 6.45) is -5.88. The van der Waals surface area contributed by atoms with Gasteiger partial charge in [-0.25, -0.2) is 9.78 Å². The van der Waals surface area contributed by atoms with Crippen molar-refractivity contribution in [3.63, 3.8) is 0 Å². The number of aromatic nitrogens is 1. The number of thiophene rings is 1. The molecule has 0 saturated heterocycles. The van der Waals surface area contributed by atoms with Crippen molar-refractivity contribution in [1.82, 2.24) is 4.98 Å². The summed E-state index contributed by atoms with van der Waals surface area (Å²) in [6.45, 7) is 0.930. The van der Waals surface area contributed by atoms with E-state index in [0.29, 0.717) is 4.83 Å². The van der Waals surface area contributed by atoms with E-state index in [9.17, 15) is 27.6 Å². The number of hydrogen-bond donors (Lipinski definition) is 1. The lowest BCUT2D eigenvalue weighted by Crippen LogP contribution is -2.47. The number of carbonyl (C=O) groups is 3. The Morgan fingerprint density at radius 3 is 2.61 bits per heavy atom. The number of thiazole rings is 1. The summed E-state index contributed by atoms with van der Waals surface area (Å²) < 4.78 is 45.1. The molecule has 0 spiro atoms. The molecular weight excluding hydrogens is 481 g/mol. The Morgan fingerprint density at radius 1 is 1.24 bits per heavy atom. The summed E-state index contributed by atoms with van der Waals surface area (Å²) in [6, 6.07) is 4.31. The van der Waals surface area contributed by atoms with Gasteiger partial charge in [-0.05, 0) is 31.2 Å².